The van der Waals surface area contributed by atoms with E-state index in [-0.39, 0.29) is 12.0 Å². The van der Waals surface area contributed by atoms with Crippen LogP contribution in [0, 0.1) is 5.92 Å². The van der Waals surface area contributed by atoms with Crippen LogP contribution in [-0.4, -0.2) is 17.5 Å². The van der Waals surface area contributed by atoms with Gasteiger partial charge in [-0.3, -0.25) is 4.79 Å². The highest BCUT2D eigenvalue weighted by Crippen LogP contribution is 2.21. The third-order valence-corrected chi connectivity index (χ3v) is 3.48. The molecule has 0 spiro atoms. The first-order valence-electron chi connectivity index (χ1n) is 7.35. The molecule has 2 rings (SSSR count). The van der Waals surface area contributed by atoms with Gasteiger partial charge in [0.25, 0.3) is 0 Å². The second-order valence-corrected chi connectivity index (χ2v) is 5.30. The van der Waals surface area contributed by atoms with E-state index in [2.05, 4.69) is 24.1 Å². The average molecular weight is 304 g/mol. The van der Waals surface area contributed by atoms with Gasteiger partial charge in [-0.05, 0) is 24.5 Å². The molecule has 6 nitrogen and oxygen atoms in total. The lowest BCUT2D eigenvalue weighted by molar-refractivity contribution is -0.114. The minimum Gasteiger partial charge on any atom is -0.450 e. The summed E-state index contributed by atoms with van der Waals surface area (Å²) >= 11 is 0. The molecule has 0 radical (unpaired) electrons. The normalized spacial score (nSPS) is 12.1. The van der Waals surface area contributed by atoms with Crippen molar-refractivity contribution >= 4 is 22.5 Å². The molecule has 6 heteroatoms. The lowest BCUT2D eigenvalue weighted by Gasteiger charge is -2.09. The fourth-order valence-electron chi connectivity index (χ4n) is 1.98. The van der Waals surface area contributed by atoms with Crippen molar-refractivity contribution in [3.05, 3.63) is 28.6 Å². The Balaban J connectivity index is 2.29. The van der Waals surface area contributed by atoms with Crippen LogP contribution in [-0.2, 0) is 4.79 Å². The molecular weight excluding hydrogens is 284 g/mol. The van der Waals surface area contributed by atoms with Crippen molar-refractivity contribution in [2.24, 2.45) is 5.92 Å². The highest BCUT2D eigenvalue weighted by atomic mass is 16.6. The van der Waals surface area contributed by atoms with Crippen LogP contribution in [0.5, 0.6) is 6.08 Å². The highest BCUT2D eigenvalue weighted by Gasteiger charge is 2.12. The molecule has 0 fully saturated rings. The van der Waals surface area contributed by atoms with E-state index in [0.717, 1.165) is 12.8 Å². The van der Waals surface area contributed by atoms with Gasteiger partial charge in [-0.25, -0.2) is 4.79 Å². The Morgan fingerprint density at radius 1 is 1.45 bits per heavy atom. The third-order valence-electron chi connectivity index (χ3n) is 3.48. The molecule has 2 aromatic rings. The number of nitrogens with zero attached hydrogens (tertiary/aromatic N) is 1. The van der Waals surface area contributed by atoms with E-state index in [1.54, 1.807) is 18.2 Å². The van der Waals surface area contributed by atoms with E-state index in [1.165, 1.54) is 6.92 Å². The predicted octanol–water partition coefficient (Wildman–Crippen LogP) is 2.96. The number of benzene rings is 1. The first kappa shape index (κ1) is 16.0. The summed E-state index contributed by atoms with van der Waals surface area (Å²) in [4.78, 5) is 27.4. The van der Waals surface area contributed by atoms with E-state index in [0.29, 0.717) is 29.1 Å². The molecule has 22 heavy (non-hydrogen) atoms. The quantitative estimate of drug-likeness (QED) is 0.887. The summed E-state index contributed by atoms with van der Waals surface area (Å²) in [6, 6.07) is 4.94. The SMILES string of the molecule is CCC(C)CCOc1nc2c(NC(C)=O)cccc2c(=O)o1. The van der Waals surface area contributed by atoms with Gasteiger partial charge in [0.05, 0.1) is 17.7 Å². The minimum absolute atomic E-state index is 0.0707. The number of carbonyl (C=O) groups is 1. The summed E-state index contributed by atoms with van der Waals surface area (Å²) in [5.74, 6) is 0.295. The Morgan fingerprint density at radius 2 is 2.23 bits per heavy atom. The molecule has 0 saturated carbocycles. The Kier molecular flexibility index (Phi) is 5.14. The van der Waals surface area contributed by atoms with Crippen molar-refractivity contribution in [3.8, 4) is 6.08 Å². The number of carbonyl (C=O) groups excluding carboxylic acids is 1. The largest absolute Gasteiger partial charge is 0.450 e. The second-order valence-electron chi connectivity index (χ2n) is 5.30. The number of hydrogen-bond donors (Lipinski definition) is 1. The molecule has 0 aliphatic rings. The van der Waals surface area contributed by atoms with Crippen LogP contribution in [0.1, 0.15) is 33.6 Å². The number of amides is 1. The standard InChI is InChI=1S/C16H20N2O4/c1-4-10(2)8-9-21-16-18-14-12(15(20)22-16)6-5-7-13(14)17-11(3)19/h5-7,10H,4,8-9H2,1-3H3,(H,17,19). The molecule has 0 aliphatic carbocycles. The summed E-state index contributed by atoms with van der Waals surface area (Å²) < 4.78 is 10.5. The van der Waals surface area contributed by atoms with E-state index >= 15 is 0 Å². The molecule has 1 amide bonds. The number of fused-ring (bicyclic) bond motifs is 1. The number of aromatic nitrogens is 1. The minimum atomic E-state index is -0.532. The van der Waals surface area contributed by atoms with E-state index < -0.39 is 5.63 Å². The summed E-state index contributed by atoms with van der Waals surface area (Å²) in [6.07, 6.45) is 1.84. The van der Waals surface area contributed by atoms with Gasteiger partial charge in [-0.15, -0.1) is 0 Å². The zero-order valence-corrected chi connectivity index (χ0v) is 13.0. The van der Waals surface area contributed by atoms with Gasteiger partial charge in [0.2, 0.25) is 5.91 Å². The lowest BCUT2D eigenvalue weighted by Crippen LogP contribution is -2.11. The van der Waals surface area contributed by atoms with Gasteiger partial charge < -0.3 is 14.5 Å². The molecular formula is C16H20N2O4. The number of rotatable bonds is 6. The number of nitrogens with one attached hydrogen (secondary N) is 1. The monoisotopic (exact) mass is 304 g/mol. The van der Waals surface area contributed by atoms with Crippen LogP contribution in [0.15, 0.2) is 27.4 Å². The van der Waals surface area contributed by atoms with E-state index in [9.17, 15) is 9.59 Å². The molecule has 118 valence electrons. The first-order valence-corrected chi connectivity index (χ1v) is 7.35. The molecule has 1 heterocycles. The van der Waals surface area contributed by atoms with Crippen LogP contribution >= 0.6 is 0 Å². The number of ether oxygens (including phenoxy) is 1. The van der Waals surface area contributed by atoms with Crippen LogP contribution in [0.3, 0.4) is 0 Å². The molecule has 1 aromatic carbocycles. The summed E-state index contributed by atoms with van der Waals surface area (Å²) in [6.45, 7) is 6.06. The van der Waals surface area contributed by atoms with E-state index in [4.69, 9.17) is 9.15 Å². The van der Waals surface area contributed by atoms with Crippen molar-refractivity contribution in [2.75, 3.05) is 11.9 Å². The fourth-order valence-corrected chi connectivity index (χ4v) is 1.98. The molecule has 1 aromatic heterocycles. The van der Waals surface area contributed by atoms with Crippen molar-refractivity contribution in [3.63, 3.8) is 0 Å². The zero-order chi connectivity index (χ0) is 16.1. The van der Waals surface area contributed by atoms with Crippen LogP contribution < -0.4 is 15.7 Å². The summed E-state index contributed by atoms with van der Waals surface area (Å²) in [5, 5.41) is 2.95. The molecule has 1 unspecified atom stereocenters. The van der Waals surface area contributed by atoms with Crippen molar-refractivity contribution < 1.29 is 13.9 Å². The first-order chi connectivity index (χ1) is 10.5. The Labute approximate surface area is 128 Å². The average Bonchev–Trinajstić information content (AvgIpc) is 2.47. The number of anilines is 1. The number of para-hydroxylation sites is 1. The Bertz CT molecular complexity index is 724. The lowest BCUT2D eigenvalue weighted by atomic mass is 10.1. The maximum Gasteiger partial charge on any atom is 0.397 e. The summed E-state index contributed by atoms with van der Waals surface area (Å²) in [7, 11) is 0. The highest BCUT2D eigenvalue weighted by molar-refractivity contribution is 5.99. The Hall–Kier alpha value is -2.37. The van der Waals surface area contributed by atoms with Gasteiger partial charge >= 0.3 is 11.7 Å². The fraction of sp³-hybridized carbons (Fsp3) is 0.438. The van der Waals surface area contributed by atoms with E-state index in [1.807, 2.05) is 0 Å². The molecule has 1 atom stereocenters. The molecule has 0 bridgehead atoms. The van der Waals surface area contributed by atoms with Gasteiger partial charge in [-0.2, -0.15) is 4.98 Å². The smallest absolute Gasteiger partial charge is 0.397 e. The van der Waals surface area contributed by atoms with Gasteiger partial charge in [0.15, 0.2) is 0 Å². The van der Waals surface area contributed by atoms with Gasteiger partial charge in [0.1, 0.15) is 5.52 Å². The predicted molar refractivity (Wildman–Crippen MR) is 84.1 cm³/mol. The molecule has 0 saturated heterocycles. The summed E-state index contributed by atoms with van der Waals surface area (Å²) in [5.41, 5.74) is 0.299. The van der Waals surface area contributed by atoms with Gasteiger partial charge in [-0.1, -0.05) is 26.3 Å². The second kappa shape index (κ2) is 7.06. The van der Waals surface area contributed by atoms with Crippen molar-refractivity contribution in [1.82, 2.24) is 4.98 Å². The van der Waals surface area contributed by atoms with Crippen molar-refractivity contribution in [1.29, 1.82) is 0 Å². The zero-order valence-electron chi connectivity index (χ0n) is 13.0. The van der Waals surface area contributed by atoms with Crippen molar-refractivity contribution in [2.45, 2.75) is 33.6 Å². The molecule has 1 N–H and O–H groups in total. The topological polar surface area (TPSA) is 81.4 Å². The van der Waals surface area contributed by atoms with Gasteiger partial charge in [0, 0.05) is 6.92 Å². The van der Waals surface area contributed by atoms with Crippen LogP contribution in [0.2, 0.25) is 0 Å². The maximum atomic E-state index is 12.0. The third kappa shape index (κ3) is 3.84. The van der Waals surface area contributed by atoms with Crippen LogP contribution in [0.4, 0.5) is 5.69 Å². The number of hydrogen-bond acceptors (Lipinski definition) is 5. The maximum absolute atomic E-state index is 12.0. The molecule has 0 aliphatic heterocycles. The van der Waals surface area contributed by atoms with Crippen LogP contribution in [0.25, 0.3) is 10.9 Å². The Morgan fingerprint density at radius 3 is 2.91 bits per heavy atom.